The number of imidazole rings is 1. The van der Waals surface area contributed by atoms with Crippen molar-refractivity contribution in [3.8, 4) is 0 Å². The van der Waals surface area contributed by atoms with Gasteiger partial charge >= 0.3 is 0 Å². The van der Waals surface area contributed by atoms with Crippen LogP contribution in [0.15, 0.2) is 6.33 Å². The molecule has 12 heteroatoms. The highest BCUT2D eigenvalue weighted by Crippen LogP contribution is 2.35. The number of rotatable bonds is 3. The van der Waals surface area contributed by atoms with Crippen molar-refractivity contribution in [2.24, 2.45) is 5.92 Å². The van der Waals surface area contributed by atoms with Gasteiger partial charge in [-0.05, 0) is 37.3 Å². The molecule has 1 aliphatic carbocycles. The number of anilines is 2. The van der Waals surface area contributed by atoms with Gasteiger partial charge in [0.25, 0.3) is 0 Å². The Labute approximate surface area is 188 Å². The van der Waals surface area contributed by atoms with E-state index in [1.807, 2.05) is 4.57 Å². The first-order valence-electron chi connectivity index (χ1n) is 9.74. The second kappa shape index (κ2) is 8.62. The molecule has 0 atom stereocenters. The Morgan fingerprint density at radius 1 is 1.27 bits per heavy atom. The molecule has 3 aromatic heterocycles. The van der Waals surface area contributed by atoms with Gasteiger partial charge in [-0.25, -0.2) is 9.97 Å². The van der Waals surface area contributed by atoms with E-state index in [0.717, 1.165) is 50.9 Å². The minimum absolute atomic E-state index is 0. The number of carbonyl (C=O) groups excluding carboxylic acids is 1. The number of nitrogens with one attached hydrogen (secondary N) is 2. The Kier molecular flexibility index (Phi) is 6.10. The maximum Gasteiger partial charge on any atom is 0.229 e. The molecule has 0 spiro atoms. The van der Waals surface area contributed by atoms with Crippen LogP contribution >= 0.6 is 35.3 Å². The largest absolute Gasteiger partial charge is 0.382 e. The van der Waals surface area contributed by atoms with Crippen molar-refractivity contribution in [2.45, 2.75) is 44.7 Å². The van der Waals surface area contributed by atoms with E-state index >= 15 is 0 Å². The summed E-state index contributed by atoms with van der Waals surface area (Å²) in [5.41, 5.74) is 8.23. The van der Waals surface area contributed by atoms with E-state index < -0.39 is 0 Å². The molecule has 1 aliphatic heterocycles. The van der Waals surface area contributed by atoms with Crippen molar-refractivity contribution in [3.05, 3.63) is 22.2 Å². The summed E-state index contributed by atoms with van der Waals surface area (Å²) in [5.74, 6) is 0.337. The zero-order valence-corrected chi connectivity index (χ0v) is 18.5. The lowest BCUT2D eigenvalue weighted by molar-refractivity contribution is -0.120. The van der Waals surface area contributed by atoms with Gasteiger partial charge in [0, 0.05) is 36.3 Å². The van der Waals surface area contributed by atoms with Crippen LogP contribution in [0.3, 0.4) is 0 Å². The number of nitrogens with two attached hydrogens (primary N) is 1. The number of hydrogen-bond acceptors (Lipinski definition) is 8. The van der Waals surface area contributed by atoms with Crippen LogP contribution in [0.4, 0.5) is 10.9 Å². The van der Waals surface area contributed by atoms with Gasteiger partial charge in [-0.15, -0.1) is 23.7 Å². The summed E-state index contributed by atoms with van der Waals surface area (Å²) in [5, 5.41) is 7.20. The number of aromatic nitrogens is 5. The molecule has 1 amide bonds. The standard InChI is InChI=1S/C18H21ClN8OS.ClH/c19-17-24-14(20)13-15(25-17)27(8-22-13)10-3-1-9(2-4-10)16(28)26-18-23-11-5-6-21-7-12(11)29-18;/h8-10,21H,1-7H2,(H2,20,24,25)(H,23,26,28);1H/t9-,10+;. The molecule has 0 unspecified atom stereocenters. The predicted molar refractivity (Wildman–Crippen MR) is 119 cm³/mol. The zero-order valence-electron chi connectivity index (χ0n) is 16.1. The summed E-state index contributed by atoms with van der Waals surface area (Å²) in [4.78, 5) is 31.1. The Bertz CT molecular complexity index is 1050. The lowest BCUT2D eigenvalue weighted by atomic mass is 9.85. The summed E-state index contributed by atoms with van der Waals surface area (Å²) in [6, 6.07) is 0.215. The van der Waals surface area contributed by atoms with E-state index in [-0.39, 0.29) is 41.4 Å². The summed E-state index contributed by atoms with van der Waals surface area (Å²) in [7, 11) is 0. The molecular formula is C18H22Cl2N8OS. The third kappa shape index (κ3) is 3.96. The molecule has 9 nitrogen and oxygen atoms in total. The predicted octanol–water partition coefficient (Wildman–Crippen LogP) is 2.96. The van der Waals surface area contributed by atoms with Gasteiger partial charge in [0.05, 0.1) is 12.0 Å². The SMILES string of the molecule is Cl.Nc1nc(Cl)nc2c1ncn2[C@H]1CC[C@@H](C(=O)Nc2nc3c(s2)CNCC3)CC1. The molecule has 0 saturated heterocycles. The highest BCUT2D eigenvalue weighted by Gasteiger charge is 2.29. The smallest absolute Gasteiger partial charge is 0.229 e. The maximum atomic E-state index is 12.7. The Morgan fingerprint density at radius 2 is 2.07 bits per heavy atom. The number of nitrogens with zero attached hydrogens (tertiary/aromatic N) is 5. The highest BCUT2D eigenvalue weighted by atomic mass is 35.5. The van der Waals surface area contributed by atoms with Gasteiger partial charge in [-0.2, -0.15) is 9.97 Å². The van der Waals surface area contributed by atoms with E-state index in [1.165, 1.54) is 4.88 Å². The molecule has 4 N–H and O–H groups in total. The Morgan fingerprint density at radius 3 is 2.83 bits per heavy atom. The van der Waals surface area contributed by atoms with Crippen molar-refractivity contribution in [1.82, 2.24) is 29.8 Å². The fourth-order valence-electron chi connectivity index (χ4n) is 4.18. The van der Waals surface area contributed by atoms with Crippen LogP contribution in [-0.2, 0) is 17.8 Å². The number of amides is 1. The number of thiazole rings is 1. The number of carbonyl (C=O) groups is 1. The highest BCUT2D eigenvalue weighted by molar-refractivity contribution is 7.15. The molecule has 30 heavy (non-hydrogen) atoms. The summed E-state index contributed by atoms with van der Waals surface area (Å²) in [6.07, 6.45) is 6.00. The van der Waals surface area contributed by atoms with Gasteiger partial charge in [-0.1, -0.05) is 0 Å². The van der Waals surface area contributed by atoms with Crippen LogP contribution in [0.25, 0.3) is 11.2 Å². The molecule has 1 fully saturated rings. The van der Waals surface area contributed by atoms with Crippen LogP contribution in [0.2, 0.25) is 5.28 Å². The lowest BCUT2D eigenvalue weighted by Gasteiger charge is -2.28. The average Bonchev–Trinajstić information content (AvgIpc) is 3.31. The molecule has 0 bridgehead atoms. The van der Waals surface area contributed by atoms with Crippen LogP contribution in [0.5, 0.6) is 0 Å². The van der Waals surface area contributed by atoms with E-state index in [4.69, 9.17) is 17.3 Å². The van der Waals surface area contributed by atoms with Crippen molar-refractivity contribution in [3.63, 3.8) is 0 Å². The van der Waals surface area contributed by atoms with Crippen LogP contribution < -0.4 is 16.4 Å². The average molecular weight is 469 g/mol. The first-order chi connectivity index (χ1) is 14.1. The Balaban J connectivity index is 0.00000218. The van der Waals surface area contributed by atoms with Crippen molar-refractivity contribution in [2.75, 3.05) is 17.6 Å². The normalized spacial score (nSPS) is 21.1. The van der Waals surface area contributed by atoms with E-state index in [0.29, 0.717) is 16.3 Å². The number of hydrogen-bond donors (Lipinski definition) is 3. The van der Waals surface area contributed by atoms with Gasteiger partial charge in [-0.3, -0.25) is 4.79 Å². The van der Waals surface area contributed by atoms with E-state index in [1.54, 1.807) is 17.7 Å². The van der Waals surface area contributed by atoms with Crippen LogP contribution in [-0.4, -0.2) is 37.0 Å². The quantitative estimate of drug-likeness (QED) is 0.504. The number of nitrogen functional groups attached to an aromatic ring is 1. The molecule has 0 aromatic carbocycles. The molecule has 4 heterocycles. The van der Waals surface area contributed by atoms with Crippen molar-refractivity contribution < 1.29 is 4.79 Å². The fraction of sp³-hybridized carbons (Fsp3) is 0.500. The van der Waals surface area contributed by atoms with Crippen LogP contribution in [0.1, 0.15) is 42.3 Å². The van der Waals surface area contributed by atoms with Crippen LogP contribution in [0, 0.1) is 5.92 Å². The molecule has 5 rings (SSSR count). The monoisotopic (exact) mass is 468 g/mol. The summed E-state index contributed by atoms with van der Waals surface area (Å²) >= 11 is 7.54. The number of halogens is 2. The van der Waals surface area contributed by atoms with E-state index in [2.05, 4.69) is 30.6 Å². The minimum atomic E-state index is -0.0108. The van der Waals surface area contributed by atoms with Crippen molar-refractivity contribution >= 4 is 63.4 Å². The summed E-state index contributed by atoms with van der Waals surface area (Å²) < 4.78 is 2.01. The van der Waals surface area contributed by atoms with Gasteiger partial charge < -0.3 is 20.9 Å². The van der Waals surface area contributed by atoms with Gasteiger partial charge in [0.2, 0.25) is 11.2 Å². The molecule has 3 aromatic rings. The minimum Gasteiger partial charge on any atom is -0.382 e. The molecule has 2 aliphatic rings. The molecule has 160 valence electrons. The number of fused-ring (bicyclic) bond motifs is 2. The van der Waals surface area contributed by atoms with Gasteiger partial charge in [0.1, 0.15) is 5.52 Å². The third-order valence-electron chi connectivity index (χ3n) is 5.71. The fourth-order valence-corrected chi connectivity index (χ4v) is 5.33. The lowest BCUT2D eigenvalue weighted by Crippen LogP contribution is -2.28. The van der Waals surface area contributed by atoms with Gasteiger partial charge in [0.15, 0.2) is 16.6 Å². The molecular weight excluding hydrogens is 447 g/mol. The second-order valence-electron chi connectivity index (χ2n) is 7.51. The van der Waals surface area contributed by atoms with E-state index in [9.17, 15) is 4.79 Å². The topological polar surface area (TPSA) is 124 Å². The second-order valence-corrected chi connectivity index (χ2v) is 8.93. The summed E-state index contributed by atoms with van der Waals surface area (Å²) in [6.45, 7) is 1.78. The molecule has 0 radical (unpaired) electrons. The molecule has 1 saturated carbocycles. The zero-order chi connectivity index (χ0) is 20.0. The first kappa shape index (κ1) is 21.2. The first-order valence-corrected chi connectivity index (χ1v) is 10.9. The Hall–Kier alpha value is -2.01. The van der Waals surface area contributed by atoms with Crippen molar-refractivity contribution in [1.29, 1.82) is 0 Å². The maximum absolute atomic E-state index is 12.7. The third-order valence-corrected chi connectivity index (χ3v) is 6.90.